The number of nitrogens with one attached hydrogen (secondary N) is 1. The highest BCUT2D eigenvalue weighted by atomic mass is 32.2. The molecule has 26 heavy (non-hydrogen) atoms. The number of sulfonamides is 1. The number of carboxylic acid groups (broad SMARTS) is 1. The number of hydrogen-bond acceptors (Lipinski definition) is 5. The summed E-state index contributed by atoms with van der Waals surface area (Å²) in [4.78, 5) is 23.0. The molecule has 0 aliphatic carbocycles. The Hall–Kier alpha value is -2.65. The van der Waals surface area contributed by atoms with Crippen molar-refractivity contribution in [1.82, 2.24) is 5.32 Å². The van der Waals surface area contributed by atoms with E-state index in [-0.39, 0.29) is 29.3 Å². The Morgan fingerprint density at radius 2 is 1.92 bits per heavy atom. The molecule has 1 aromatic carbocycles. The summed E-state index contributed by atoms with van der Waals surface area (Å²) in [6.45, 7) is 1.39. The zero-order chi connectivity index (χ0) is 19.3. The van der Waals surface area contributed by atoms with Crippen molar-refractivity contribution >= 4 is 21.9 Å². The first-order valence-corrected chi connectivity index (χ1v) is 9.41. The summed E-state index contributed by atoms with van der Waals surface area (Å²) in [5.41, 5.74) is 0.934. The van der Waals surface area contributed by atoms with E-state index in [2.05, 4.69) is 5.32 Å². The second kappa shape index (κ2) is 8.15. The fourth-order valence-corrected chi connectivity index (χ4v) is 3.25. The molecular weight excluding hydrogens is 360 g/mol. The predicted octanol–water partition coefficient (Wildman–Crippen LogP) is 1.44. The van der Waals surface area contributed by atoms with Crippen LogP contribution in [0.25, 0.3) is 0 Å². The van der Waals surface area contributed by atoms with Gasteiger partial charge in [-0.1, -0.05) is 30.3 Å². The third kappa shape index (κ3) is 5.43. The molecule has 1 unspecified atom stereocenters. The summed E-state index contributed by atoms with van der Waals surface area (Å²) in [5, 5.41) is 16.7. The van der Waals surface area contributed by atoms with Crippen LogP contribution in [-0.4, -0.2) is 31.4 Å². The SMILES string of the molecule is Cc1oc(C(=O)NC(CCC(=O)O)Cc2ccccc2)cc1S(N)(=O)=O. The maximum Gasteiger partial charge on any atom is 0.303 e. The first kappa shape index (κ1) is 19.7. The molecule has 0 radical (unpaired) electrons. The molecular formula is C17H20N2O6S. The number of rotatable bonds is 8. The van der Waals surface area contributed by atoms with E-state index in [4.69, 9.17) is 14.7 Å². The summed E-state index contributed by atoms with van der Waals surface area (Å²) in [6.07, 6.45) is 0.538. The molecule has 0 aliphatic rings. The van der Waals surface area contributed by atoms with Gasteiger partial charge < -0.3 is 14.8 Å². The van der Waals surface area contributed by atoms with Gasteiger partial charge in [0.2, 0.25) is 10.0 Å². The Kier molecular flexibility index (Phi) is 6.17. The number of carbonyl (C=O) groups is 2. The van der Waals surface area contributed by atoms with Gasteiger partial charge in [-0.3, -0.25) is 9.59 Å². The van der Waals surface area contributed by atoms with Crippen LogP contribution in [0.4, 0.5) is 0 Å². The van der Waals surface area contributed by atoms with E-state index < -0.39 is 27.9 Å². The largest absolute Gasteiger partial charge is 0.481 e. The highest BCUT2D eigenvalue weighted by Gasteiger charge is 2.23. The molecule has 4 N–H and O–H groups in total. The van der Waals surface area contributed by atoms with Crippen LogP contribution in [0.1, 0.15) is 34.7 Å². The third-order valence-electron chi connectivity index (χ3n) is 3.77. The lowest BCUT2D eigenvalue weighted by Crippen LogP contribution is -2.36. The van der Waals surface area contributed by atoms with Crippen LogP contribution in [-0.2, 0) is 21.2 Å². The van der Waals surface area contributed by atoms with Gasteiger partial charge in [0.25, 0.3) is 5.91 Å². The lowest BCUT2D eigenvalue weighted by Gasteiger charge is -2.17. The standard InChI is InChI=1S/C17H20N2O6S/c1-11-15(26(18,23)24)10-14(25-11)17(22)19-13(7-8-16(20)21)9-12-5-3-2-4-6-12/h2-6,10,13H,7-9H2,1H3,(H,19,22)(H,20,21)(H2,18,23,24). The van der Waals surface area contributed by atoms with Crippen LogP contribution in [0.5, 0.6) is 0 Å². The first-order chi connectivity index (χ1) is 12.2. The molecule has 0 spiro atoms. The molecule has 1 amide bonds. The number of carboxylic acids is 1. The normalized spacial score (nSPS) is 12.5. The molecule has 2 aromatic rings. The number of aliphatic carboxylic acids is 1. The van der Waals surface area contributed by atoms with E-state index in [0.717, 1.165) is 11.6 Å². The van der Waals surface area contributed by atoms with E-state index in [1.54, 1.807) is 0 Å². The minimum Gasteiger partial charge on any atom is -0.481 e. The number of primary sulfonamides is 1. The van der Waals surface area contributed by atoms with Crippen molar-refractivity contribution < 1.29 is 27.5 Å². The lowest BCUT2D eigenvalue weighted by atomic mass is 10.0. The van der Waals surface area contributed by atoms with Crippen molar-refractivity contribution in [2.75, 3.05) is 0 Å². The van der Waals surface area contributed by atoms with Crippen molar-refractivity contribution in [3.8, 4) is 0 Å². The molecule has 1 atom stereocenters. The van der Waals surface area contributed by atoms with Crippen LogP contribution < -0.4 is 10.5 Å². The van der Waals surface area contributed by atoms with E-state index in [1.807, 2.05) is 30.3 Å². The maximum absolute atomic E-state index is 12.4. The summed E-state index contributed by atoms with van der Waals surface area (Å²) < 4.78 is 28.1. The summed E-state index contributed by atoms with van der Waals surface area (Å²) in [5.74, 6) is -1.78. The molecule has 0 saturated heterocycles. The molecule has 1 aromatic heterocycles. The molecule has 140 valence electrons. The summed E-state index contributed by atoms with van der Waals surface area (Å²) in [6, 6.07) is 9.90. The molecule has 0 bridgehead atoms. The quantitative estimate of drug-likeness (QED) is 0.633. The van der Waals surface area contributed by atoms with Gasteiger partial charge in [0.15, 0.2) is 5.76 Å². The van der Waals surface area contributed by atoms with E-state index in [0.29, 0.717) is 6.42 Å². The van der Waals surface area contributed by atoms with Gasteiger partial charge in [0.1, 0.15) is 10.7 Å². The molecule has 8 nitrogen and oxygen atoms in total. The molecule has 0 fully saturated rings. The first-order valence-electron chi connectivity index (χ1n) is 7.86. The Bertz CT molecular complexity index is 889. The number of nitrogens with two attached hydrogens (primary N) is 1. The van der Waals surface area contributed by atoms with Crippen LogP contribution in [0.3, 0.4) is 0 Å². The fourth-order valence-electron chi connectivity index (χ4n) is 2.54. The highest BCUT2D eigenvalue weighted by Crippen LogP contribution is 2.19. The Morgan fingerprint density at radius 1 is 1.27 bits per heavy atom. The van der Waals surface area contributed by atoms with Gasteiger partial charge >= 0.3 is 5.97 Å². The average Bonchev–Trinajstić information content (AvgIpc) is 2.96. The second-order valence-electron chi connectivity index (χ2n) is 5.87. The second-order valence-corrected chi connectivity index (χ2v) is 7.40. The zero-order valence-corrected chi connectivity index (χ0v) is 15.0. The van der Waals surface area contributed by atoms with E-state index in [9.17, 15) is 18.0 Å². The topological polar surface area (TPSA) is 140 Å². The Balaban J connectivity index is 2.16. The summed E-state index contributed by atoms with van der Waals surface area (Å²) in [7, 11) is -4.00. The number of benzene rings is 1. The fraction of sp³-hybridized carbons (Fsp3) is 0.294. The van der Waals surface area contributed by atoms with Crippen LogP contribution >= 0.6 is 0 Å². The van der Waals surface area contributed by atoms with Crippen molar-refractivity contribution in [2.45, 2.75) is 37.1 Å². The average molecular weight is 380 g/mol. The lowest BCUT2D eigenvalue weighted by molar-refractivity contribution is -0.137. The van der Waals surface area contributed by atoms with E-state index in [1.165, 1.54) is 6.92 Å². The zero-order valence-electron chi connectivity index (χ0n) is 14.1. The molecule has 9 heteroatoms. The number of amides is 1. The number of aryl methyl sites for hydroxylation is 1. The van der Waals surface area contributed by atoms with Crippen LogP contribution in [0.2, 0.25) is 0 Å². The summed E-state index contributed by atoms with van der Waals surface area (Å²) >= 11 is 0. The van der Waals surface area contributed by atoms with Crippen LogP contribution in [0, 0.1) is 6.92 Å². The molecule has 0 saturated carbocycles. The number of hydrogen-bond donors (Lipinski definition) is 3. The van der Waals surface area contributed by atoms with Gasteiger partial charge in [-0.25, -0.2) is 13.6 Å². The van der Waals surface area contributed by atoms with Crippen molar-refractivity contribution in [3.05, 3.63) is 53.5 Å². The van der Waals surface area contributed by atoms with Crippen molar-refractivity contribution in [2.24, 2.45) is 5.14 Å². The molecule has 1 heterocycles. The van der Waals surface area contributed by atoms with Crippen molar-refractivity contribution in [1.29, 1.82) is 0 Å². The Morgan fingerprint density at radius 3 is 2.46 bits per heavy atom. The Labute approximate surface area is 151 Å². The molecule has 0 aliphatic heterocycles. The smallest absolute Gasteiger partial charge is 0.303 e. The highest BCUT2D eigenvalue weighted by molar-refractivity contribution is 7.89. The minimum absolute atomic E-state index is 0.0165. The van der Waals surface area contributed by atoms with Crippen molar-refractivity contribution in [3.63, 3.8) is 0 Å². The van der Waals surface area contributed by atoms with E-state index >= 15 is 0 Å². The monoisotopic (exact) mass is 380 g/mol. The third-order valence-corrected chi connectivity index (χ3v) is 4.79. The van der Waals surface area contributed by atoms with Gasteiger partial charge in [-0.05, 0) is 25.3 Å². The van der Waals surface area contributed by atoms with Gasteiger partial charge in [-0.2, -0.15) is 0 Å². The van der Waals surface area contributed by atoms with Gasteiger partial charge in [0.05, 0.1) is 0 Å². The molecule has 2 rings (SSSR count). The predicted molar refractivity (Wildman–Crippen MR) is 93.1 cm³/mol. The van der Waals surface area contributed by atoms with Gasteiger partial charge in [-0.15, -0.1) is 0 Å². The maximum atomic E-state index is 12.4. The number of carbonyl (C=O) groups excluding carboxylic acids is 1. The van der Waals surface area contributed by atoms with Gasteiger partial charge in [0, 0.05) is 18.5 Å². The van der Waals surface area contributed by atoms with Crippen LogP contribution in [0.15, 0.2) is 45.7 Å². The minimum atomic E-state index is -4.00. The number of furan rings is 1.